The van der Waals surface area contributed by atoms with Gasteiger partial charge in [0.1, 0.15) is 5.82 Å². The lowest BCUT2D eigenvalue weighted by Crippen LogP contribution is -2.25. The summed E-state index contributed by atoms with van der Waals surface area (Å²) < 4.78 is 18.5. The van der Waals surface area contributed by atoms with Gasteiger partial charge < -0.3 is 14.8 Å². The molecular weight excluding hydrogens is 315 g/mol. The quantitative estimate of drug-likeness (QED) is 0.738. The van der Waals surface area contributed by atoms with Gasteiger partial charge in [-0.25, -0.2) is 4.39 Å². The average Bonchev–Trinajstić information content (AvgIpc) is 3.04. The number of aromatic amines is 1. The van der Waals surface area contributed by atoms with Crippen molar-refractivity contribution in [3.63, 3.8) is 0 Å². The SMILES string of the molecule is O=C(Cc1ccccc1F)NCc1nc(-c2cc[nH]c(=O)c2)no1. The highest BCUT2D eigenvalue weighted by Crippen LogP contribution is 2.12. The van der Waals surface area contributed by atoms with Crippen molar-refractivity contribution in [1.29, 1.82) is 0 Å². The maximum absolute atomic E-state index is 13.5. The minimum atomic E-state index is -0.429. The van der Waals surface area contributed by atoms with E-state index in [2.05, 4.69) is 20.4 Å². The highest BCUT2D eigenvalue weighted by atomic mass is 19.1. The molecule has 0 radical (unpaired) electrons. The van der Waals surface area contributed by atoms with Crippen molar-refractivity contribution in [2.24, 2.45) is 0 Å². The number of benzene rings is 1. The van der Waals surface area contributed by atoms with Crippen LogP contribution in [0.3, 0.4) is 0 Å². The number of hydrogen-bond donors (Lipinski definition) is 2. The second kappa shape index (κ2) is 6.86. The molecule has 0 saturated carbocycles. The fourth-order valence-corrected chi connectivity index (χ4v) is 2.08. The molecule has 3 rings (SSSR count). The van der Waals surface area contributed by atoms with Gasteiger partial charge in [-0.05, 0) is 17.7 Å². The van der Waals surface area contributed by atoms with Crippen LogP contribution in [0.4, 0.5) is 4.39 Å². The topological polar surface area (TPSA) is 101 Å². The van der Waals surface area contributed by atoms with Crippen molar-refractivity contribution in [2.45, 2.75) is 13.0 Å². The van der Waals surface area contributed by atoms with E-state index in [1.807, 2.05) is 0 Å². The largest absolute Gasteiger partial charge is 0.347 e. The zero-order chi connectivity index (χ0) is 16.9. The van der Waals surface area contributed by atoms with Gasteiger partial charge in [0.15, 0.2) is 0 Å². The van der Waals surface area contributed by atoms with E-state index in [0.717, 1.165) is 0 Å². The van der Waals surface area contributed by atoms with Crippen LogP contribution in [0.15, 0.2) is 51.9 Å². The molecule has 0 aliphatic rings. The lowest BCUT2D eigenvalue weighted by Gasteiger charge is -2.03. The Morgan fingerprint density at radius 1 is 1.29 bits per heavy atom. The van der Waals surface area contributed by atoms with Crippen LogP contribution < -0.4 is 10.9 Å². The van der Waals surface area contributed by atoms with E-state index in [9.17, 15) is 14.0 Å². The Morgan fingerprint density at radius 2 is 2.12 bits per heavy atom. The molecule has 122 valence electrons. The fourth-order valence-electron chi connectivity index (χ4n) is 2.08. The molecule has 24 heavy (non-hydrogen) atoms. The van der Waals surface area contributed by atoms with E-state index < -0.39 is 5.82 Å². The van der Waals surface area contributed by atoms with Gasteiger partial charge in [0.25, 0.3) is 0 Å². The molecule has 1 aromatic carbocycles. The molecule has 3 aromatic rings. The second-order valence-electron chi connectivity index (χ2n) is 5.00. The Labute approximate surface area is 135 Å². The first kappa shape index (κ1) is 15.6. The van der Waals surface area contributed by atoms with Gasteiger partial charge in [0.05, 0.1) is 13.0 Å². The number of rotatable bonds is 5. The second-order valence-corrected chi connectivity index (χ2v) is 5.00. The Hall–Kier alpha value is -3.29. The van der Waals surface area contributed by atoms with Crippen LogP contribution in [0.2, 0.25) is 0 Å². The van der Waals surface area contributed by atoms with Crippen LogP contribution in [0.5, 0.6) is 0 Å². The van der Waals surface area contributed by atoms with Crippen LogP contribution in [-0.4, -0.2) is 21.0 Å². The van der Waals surface area contributed by atoms with Gasteiger partial charge in [-0.15, -0.1) is 0 Å². The van der Waals surface area contributed by atoms with Gasteiger partial charge in [-0.3, -0.25) is 9.59 Å². The summed E-state index contributed by atoms with van der Waals surface area (Å²) in [6, 6.07) is 9.04. The monoisotopic (exact) mass is 328 g/mol. The first-order valence-electron chi connectivity index (χ1n) is 7.13. The van der Waals surface area contributed by atoms with Crippen LogP contribution in [0.1, 0.15) is 11.5 Å². The highest BCUT2D eigenvalue weighted by Gasteiger charge is 2.11. The maximum Gasteiger partial charge on any atom is 0.248 e. The number of carbonyl (C=O) groups is 1. The van der Waals surface area contributed by atoms with Crippen molar-refractivity contribution >= 4 is 5.91 Å². The molecule has 0 aliphatic heterocycles. The summed E-state index contributed by atoms with van der Waals surface area (Å²) in [6.07, 6.45) is 1.39. The predicted molar refractivity (Wildman–Crippen MR) is 82.3 cm³/mol. The van der Waals surface area contributed by atoms with Crippen molar-refractivity contribution in [3.8, 4) is 11.4 Å². The first-order valence-corrected chi connectivity index (χ1v) is 7.13. The van der Waals surface area contributed by atoms with E-state index in [4.69, 9.17) is 4.52 Å². The van der Waals surface area contributed by atoms with Gasteiger partial charge >= 0.3 is 0 Å². The van der Waals surface area contributed by atoms with E-state index in [-0.39, 0.29) is 36.1 Å². The molecule has 2 aromatic heterocycles. The molecule has 1 amide bonds. The number of hydrogen-bond acceptors (Lipinski definition) is 5. The summed E-state index contributed by atoms with van der Waals surface area (Å²) in [5, 5.41) is 6.33. The summed E-state index contributed by atoms with van der Waals surface area (Å²) >= 11 is 0. The van der Waals surface area contributed by atoms with Crippen molar-refractivity contribution < 1.29 is 13.7 Å². The molecule has 0 fully saturated rings. The van der Waals surface area contributed by atoms with Gasteiger partial charge in [-0.2, -0.15) is 4.98 Å². The summed E-state index contributed by atoms with van der Waals surface area (Å²) in [6.45, 7) is 0.0173. The molecule has 0 atom stereocenters. The zero-order valence-corrected chi connectivity index (χ0v) is 12.5. The van der Waals surface area contributed by atoms with E-state index in [1.54, 1.807) is 24.3 Å². The molecule has 0 spiro atoms. The van der Waals surface area contributed by atoms with Crippen LogP contribution in [0, 0.1) is 5.82 Å². The number of pyridine rings is 1. The van der Waals surface area contributed by atoms with Crippen molar-refractivity contribution in [2.75, 3.05) is 0 Å². The van der Waals surface area contributed by atoms with Crippen LogP contribution in [0.25, 0.3) is 11.4 Å². The molecular formula is C16H13FN4O3. The van der Waals surface area contributed by atoms with Gasteiger partial charge in [0, 0.05) is 17.8 Å². The minimum Gasteiger partial charge on any atom is -0.347 e. The van der Waals surface area contributed by atoms with Crippen molar-refractivity contribution in [1.82, 2.24) is 20.4 Å². The van der Waals surface area contributed by atoms with Crippen molar-refractivity contribution in [3.05, 3.63) is 70.2 Å². The fraction of sp³-hybridized carbons (Fsp3) is 0.125. The van der Waals surface area contributed by atoms with Crippen LogP contribution >= 0.6 is 0 Å². The number of amides is 1. The van der Waals surface area contributed by atoms with E-state index >= 15 is 0 Å². The normalized spacial score (nSPS) is 10.5. The number of nitrogens with zero attached hydrogens (tertiary/aromatic N) is 2. The number of nitrogens with one attached hydrogen (secondary N) is 2. The van der Waals surface area contributed by atoms with E-state index in [1.165, 1.54) is 18.3 Å². The molecule has 0 aliphatic carbocycles. The molecule has 2 N–H and O–H groups in total. The number of halogens is 1. The summed E-state index contributed by atoms with van der Waals surface area (Å²) in [7, 11) is 0. The third kappa shape index (κ3) is 3.72. The third-order valence-electron chi connectivity index (χ3n) is 3.25. The van der Waals surface area contributed by atoms with E-state index in [0.29, 0.717) is 11.1 Å². The molecule has 7 nitrogen and oxygen atoms in total. The van der Waals surface area contributed by atoms with Gasteiger partial charge in [-0.1, -0.05) is 23.4 Å². The Kier molecular flexibility index (Phi) is 4.46. The molecule has 8 heteroatoms. The standard InChI is InChI=1S/C16H13FN4O3/c17-12-4-2-1-3-10(12)7-14(23)19-9-15-20-16(21-24-15)11-5-6-18-13(22)8-11/h1-6,8H,7,9H2,(H,18,22)(H,19,23). The number of H-pyrrole nitrogens is 1. The summed E-state index contributed by atoms with van der Waals surface area (Å²) in [5.74, 6) is -0.357. The summed E-state index contributed by atoms with van der Waals surface area (Å²) in [5.41, 5.74) is 0.535. The van der Waals surface area contributed by atoms with Gasteiger partial charge in [0.2, 0.25) is 23.2 Å². The predicted octanol–water partition coefficient (Wildman–Crippen LogP) is 1.42. The maximum atomic E-state index is 13.5. The molecule has 2 heterocycles. The average molecular weight is 328 g/mol. The molecule has 0 unspecified atom stereocenters. The number of aromatic nitrogens is 3. The first-order chi connectivity index (χ1) is 11.6. The smallest absolute Gasteiger partial charge is 0.248 e. The number of carbonyl (C=O) groups excluding carboxylic acids is 1. The Balaban J connectivity index is 1.60. The summed E-state index contributed by atoms with van der Waals surface area (Å²) in [4.78, 5) is 29.7. The molecule has 0 bridgehead atoms. The third-order valence-corrected chi connectivity index (χ3v) is 3.25. The zero-order valence-electron chi connectivity index (χ0n) is 12.5. The Morgan fingerprint density at radius 3 is 2.92 bits per heavy atom. The lowest BCUT2D eigenvalue weighted by atomic mass is 10.1. The molecule has 0 saturated heterocycles. The minimum absolute atomic E-state index is 0.0173. The van der Waals surface area contributed by atoms with Crippen LogP contribution in [-0.2, 0) is 17.8 Å². The Bertz CT molecular complexity index is 919. The highest BCUT2D eigenvalue weighted by molar-refractivity contribution is 5.78. The lowest BCUT2D eigenvalue weighted by molar-refractivity contribution is -0.120.